The number of para-hydroxylation sites is 1. The van der Waals surface area contributed by atoms with Crippen LogP contribution in [0.3, 0.4) is 0 Å². The van der Waals surface area contributed by atoms with Crippen LogP contribution in [0.15, 0.2) is 47.4 Å². The minimum Gasteiger partial charge on any atom is -0.273 e. The van der Waals surface area contributed by atoms with Gasteiger partial charge in [-0.25, -0.2) is 13.4 Å². The normalized spacial score (nSPS) is 11.4. The second-order valence-corrected chi connectivity index (χ2v) is 8.30. The molecule has 1 amide bonds. The van der Waals surface area contributed by atoms with Crippen LogP contribution < -0.4 is 10.9 Å². The summed E-state index contributed by atoms with van der Waals surface area (Å²) in [6.45, 7) is 1.97. The average Bonchev–Trinajstić information content (AvgIpc) is 2.96. The van der Waals surface area contributed by atoms with Crippen molar-refractivity contribution in [3.63, 3.8) is 0 Å². The first-order valence-corrected chi connectivity index (χ1v) is 9.78. The molecule has 0 unspecified atom stereocenters. The van der Waals surface area contributed by atoms with Gasteiger partial charge in [-0.2, -0.15) is 0 Å². The maximum Gasteiger partial charge on any atom is 0.270 e. The molecule has 0 aliphatic rings. The fourth-order valence-corrected chi connectivity index (χ4v) is 4.08. The van der Waals surface area contributed by atoms with Gasteiger partial charge >= 0.3 is 0 Å². The van der Waals surface area contributed by atoms with Gasteiger partial charge in [0.05, 0.1) is 20.7 Å². The lowest BCUT2D eigenvalue weighted by molar-refractivity contribution is 0.0959. The van der Waals surface area contributed by atoms with Gasteiger partial charge < -0.3 is 0 Å². The summed E-state index contributed by atoms with van der Waals surface area (Å²) in [5, 5.41) is 0.532. The maximum absolute atomic E-state index is 12.3. The molecular formula is C16H15N3O3S2. The molecule has 1 aromatic heterocycles. The number of rotatable bonds is 4. The number of amides is 1. The summed E-state index contributed by atoms with van der Waals surface area (Å²) in [6, 6.07) is 11.9. The summed E-state index contributed by atoms with van der Waals surface area (Å²) < 4.78 is 24.6. The van der Waals surface area contributed by atoms with Gasteiger partial charge in [0.15, 0.2) is 9.84 Å². The fourth-order valence-electron chi connectivity index (χ4n) is 2.29. The Kier molecular flexibility index (Phi) is 4.25. The zero-order valence-corrected chi connectivity index (χ0v) is 14.7. The molecule has 0 aliphatic carbocycles. The minimum atomic E-state index is -3.49. The molecule has 0 atom stereocenters. The maximum atomic E-state index is 12.3. The molecule has 6 nitrogen and oxygen atoms in total. The van der Waals surface area contributed by atoms with Crippen molar-refractivity contribution in [2.75, 3.05) is 11.7 Å². The Morgan fingerprint density at radius 3 is 2.58 bits per heavy atom. The molecule has 0 saturated heterocycles. The molecule has 0 saturated carbocycles. The van der Waals surface area contributed by atoms with Crippen LogP contribution in [0.1, 0.15) is 15.9 Å². The third-order valence-corrected chi connectivity index (χ3v) is 5.53. The Hall–Kier alpha value is -2.45. The molecule has 1 heterocycles. The standard InChI is InChI=1S/C16H15N3O3S2/c1-10-6-5-8-12-14(10)17-16(23-12)19-18-15(20)11-7-3-4-9-13(11)24(2,21)22/h3-9H,1-2H3,(H,17,19)(H,18,20). The zero-order valence-electron chi connectivity index (χ0n) is 13.0. The molecule has 0 fully saturated rings. The number of nitrogens with zero attached hydrogens (tertiary/aromatic N) is 1. The van der Waals surface area contributed by atoms with Crippen molar-refractivity contribution in [1.29, 1.82) is 0 Å². The first-order chi connectivity index (χ1) is 11.4. The van der Waals surface area contributed by atoms with Gasteiger partial charge in [-0.3, -0.25) is 15.6 Å². The van der Waals surface area contributed by atoms with Gasteiger partial charge in [0.1, 0.15) is 0 Å². The van der Waals surface area contributed by atoms with Crippen molar-refractivity contribution in [3.05, 3.63) is 53.6 Å². The Morgan fingerprint density at radius 2 is 1.88 bits per heavy atom. The van der Waals surface area contributed by atoms with E-state index in [1.165, 1.54) is 23.5 Å². The van der Waals surface area contributed by atoms with Gasteiger partial charge in [-0.1, -0.05) is 35.6 Å². The Morgan fingerprint density at radius 1 is 1.12 bits per heavy atom. The monoisotopic (exact) mass is 361 g/mol. The molecule has 3 aromatic rings. The van der Waals surface area contributed by atoms with Crippen molar-refractivity contribution in [2.24, 2.45) is 0 Å². The van der Waals surface area contributed by atoms with E-state index in [9.17, 15) is 13.2 Å². The summed E-state index contributed by atoms with van der Waals surface area (Å²) in [5.41, 5.74) is 7.26. The molecule has 24 heavy (non-hydrogen) atoms. The number of carbonyl (C=O) groups excluding carboxylic acids is 1. The average molecular weight is 361 g/mol. The molecular weight excluding hydrogens is 346 g/mol. The Bertz CT molecular complexity index is 1030. The lowest BCUT2D eigenvalue weighted by Crippen LogP contribution is -2.30. The number of sulfone groups is 1. The summed E-state index contributed by atoms with van der Waals surface area (Å²) in [4.78, 5) is 16.7. The number of aromatic nitrogens is 1. The van der Waals surface area contributed by atoms with Crippen LogP contribution in [0.5, 0.6) is 0 Å². The first-order valence-electron chi connectivity index (χ1n) is 7.08. The molecule has 0 radical (unpaired) electrons. The lowest BCUT2D eigenvalue weighted by atomic mass is 10.2. The number of hydrogen-bond acceptors (Lipinski definition) is 6. The van der Waals surface area contributed by atoms with E-state index in [1.54, 1.807) is 12.1 Å². The predicted molar refractivity (Wildman–Crippen MR) is 95.0 cm³/mol. The highest BCUT2D eigenvalue weighted by Crippen LogP contribution is 2.27. The van der Waals surface area contributed by atoms with E-state index in [4.69, 9.17) is 0 Å². The highest BCUT2D eigenvalue weighted by Gasteiger charge is 2.18. The van der Waals surface area contributed by atoms with Gasteiger partial charge in [0, 0.05) is 6.26 Å². The topological polar surface area (TPSA) is 88.2 Å². The number of anilines is 1. The quantitative estimate of drug-likeness (QED) is 0.698. The van der Waals surface area contributed by atoms with Crippen molar-refractivity contribution >= 4 is 42.4 Å². The molecule has 0 aliphatic heterocycles. The number of aryl methyl sites for hydroxylation is 1. The number of carbonyl (C=O) groups is 1. The van der Waals surface area contributed by atoms with E-state index in [-0.39, 0.29) is 10.5 Å². The van der Waals surface area contributed by atoms with E-state index in [2.05, 4.69) is 15.8 Å². The van der Waals surface area contributed by atoms with Crippen LogP contribution in [0, 0.1) is 6.92 Å². The van der Waals surface area contributed by atoms with Gasteiger partial charge in [0.2, 0.25) is 5.13 Å². The molecule has 0 spiro atoms. The van der Waals surface area contributed by atoms with E-state index in [0.29, 0.717) is 5.13 Å². The van der Waals surface area contributed by atoms with E-state index in [0.717, 1.165) is 22.0 Å². The van der Waals surface area contributed by atoms with Crippen LogP contribution in [0.2, 0.25) is 0 Å². The second kappa shape index (κ2) is 6.21. The van der Waals surface area contributed by atoms with Crippen molar-refractivity contribution in [1.82, 2.24) is 10.4 Å². The van der Waals surface area contributed by atoms with Crippen molar-refractivity contribution < 1.29 is 13.2 Å². The van der Waals surface area contributed by atoms with Crippen molar-refractivity contribution in [2.45, 2.75) is 11.8 Å². The summed E-state index contributed by atoms with van der Waals surface area (Å²) in [5.74, 6) is -0.535. The van der Waals surface area contributed by atoms with E-state index >= 15 is 0 Å². The van der Waals surface area contributed by atoms with Gasteiger partial charge in [-0.15, -0.1) is 0 Å². The third kappa shape index (κ3) is 3.24. The molecule has 3 rings (SSSR count). The summed E-state index contributed by atoms with van der Waals surface area (Å²) in [7, 11) is -3.49. The van der Waals surface area contributed by atoms with Crippen molar-refractivity contribution in [3.8, 4) is 0 Å². The van der Waals surface area contributed by atoms with Crippen LogP contribution in [0.4, 0.5) is 5.13 Å². The third-order valence-electron chi connectivity index (χ3n) is 3.43. The highest BCUT2D eigenvalue weighted by molar-refractivity contribution is 7.90. The van der Waals surface area contributed by atoms with Crippen LogP contribution in [0.25, 0.3) is 10.2 Å². The molecule has 124 valence electrons. The summed E-state index contributed by atoms with van der Waals surface area (Å²) in [6.07, 6.45) is 1.07. The smallest absolute Gasteiger partial charge is 0.270 e. The molecule has 8 heteroatoms. The number of thiazole rings is 1. The number of hydrogen-bond donors (Lipinski definition) is 2. The molecule has 2 N–H and O–H groups in total. The number of benzene rings is 2. The SMILES string of the molecule is Cc1cccc2sc(NNC(=O)c3ccccc3S(C)(=O)=O)nc12. The van der Waals surface area contributed by atoms with Gasteiger partial charge in [0.25, 0.3) is 5.91 Å². The molecule has 0 bridgehead atoms. The van der Waals surface area contributed by atoms with Gasteiger partial charge in [-0.05, 0) is 30.7 Å². The lowest BCUT2D eigenvalue weighted by Gasteiger charge is -2.09. The molecule has 2 aromatic carbocycles. The minimum absolute atomic E-state index is 0.00977. The zero-order chi connectivity index (χ0) is 17.3. The van der Waals surface area contributed by atoms with E-state index in [1.807, 2.05) is 25.1 Å². The number of fused-ring (bicyclic) bond motifs is 1. The van der Waals surface area contributed by atoms with Crippen LogP contribution in [-0.2, 0) is 9.84 Å². The van der Waals surface area contributed by atoms with Crippen LogP contribution in [-0.4, -0.2) is 25.6 Å². The van der Waals surface area contributed by atoms with Crippen LogP contribution >= 0.6 is 11.3 Å². The number of hydrazine groups is 1. The second-order valence-electron chi connectivity index (χ2n) is 5.29. The highest BCUT2D eigenvalue weighted by atomic mass is 32.2. The summed E-state index contributed by atoms with van der Waals surface area (Å²) >= 11 is 1.40. The largest absolute Gasteiger partial charge is 0.273 e. The Balaban J connectivity index is 1.82. The number of nitrogens with one attached hydrogen (secondary N) is 2. The van der Waals surface area contributed by atoms with E-state index < -0.39 is 15.7 Å². The fraction of sp³-hybridized carbons (Fsp3) is 0.125. The Labute approximate surface area is 143 Å². The first kappa shape index (κ1) is 16.4. The predicted octanol–water partition coefficient (Wildman–Crippen LogP) is 2.77.